The largest absolute Gasteiger partial charge is 0.393 e. The highest BCUT2D eigenvalue weighted by molar-refractivity contribution is 5.25. The average molecular weight is 387 g/mol. The third-order valence-electron chi connectivity index (χ3n) is 10.3. The highest BCUT2D eigenvalue weighted by atomic mass is 16.3. The van der Waals surface area contributed by atoms with Crippen LogP contribution in [0.3, 0.4) is 0 Å². The third kappa shape index (κ3) is 3.42. The monoisotopic (exact) mass is 386 g/mol. The minimum Gasteiger partial charge on any atom is -0.393 e. The molecule has 0 aromatic rings. The van der Waals surface area contributed by atoms with Gasteiger partial charge in [0.1, 0.15) is 0 Å². The van der Waals surface area contributed by atoms with Gasteiger partial charge in [-0.25, -0.2) is 0 Å². The van der Waals surface area contributed by atoms with E-state index < -0.39 is 0 Å². The molecule has 0 bridgehead atoms. The summed E-state index contributed by atoms with van der Waals surface area (Å²) in [5.74, 6) is 5.46. The molecule has 0 spiro atoms. The van der Waals surface area contributed by atoms with E-state index in [-0.39, 0.29) is 6.10 Å². The molecule has 4 aliphatic rings. The highest BCUT2D eigenvalue weighted by Crippen LogP contribution is 2.67. The summed E-state index contributed by atoms with van der Waals surface area (Å²) >= 11 is 0. The smallest absolute Gasteiger partial charge is 0.0577 e. The summed E-state index contributed by atoms with van der Waals surface area (Å²) in [7, 11) is 0. The van der Waals surface area contributed by atoms with Crippen molar-refractivity contribution in [1.82, 2.24) is 0 Å². The molecular formula is C27H46O. The lowest BCUT2D eigenvalue weighted by Crippen LogP contribution is -2.50. The molecule has 3 saturated carbocycles. The van der Waals surface area contributed by atoms with Crippen LogP contribution in [0.4, 0.5) is 0 Å². The Morgan fingerprint density at radius 2 is 1.79 bits per heavy atom. The maximum absolute atomic E-state index is 10.2. The topological polar surface area (TPSA) is 20.2 Å². The zero-order valence-corrected chi connectivity index (χ0v) is 19.3. The van der Waals surface area contributed by atoms with Gasteiger partial charge in [-0.2, -0.15) is 0 Å². The molecule has 0 saturated heterocycles. The number of fused-ring (bicyclic) bond motifs is 5. The standard InChI is InChI=1S/C27H46O/c1-18(2)7-6-8-19(3)23-11-12-24-22-10-9-20-17-21(28)13-15-26(20,4)25(22)14-16-27(23,24)5/h9,18-19,21-25,28H,6-8,10-17H2,1-5H3/t19-,21-,22+,23+,24+,25+,26+,27-/m1/s1. The van der Waals surface area contributed by atoms with Crippen LogP contribution < -0.4 is 0 Å². The Bertz CT molecular complexity index is 591. The van der Waals surface area contributed by atoms with Gasteiger partial charge >= 0.3 is 0 Å². The Kier molecular flexibility index (Phi) is 5.80. The van der Waals surface area contributed by atoms with E-state index in [4.69, 9.17) is 0 Å². The minimum absolute atomic E-state index is 0.0766. The molecular weight excluding hydrogens is 340 g/mol. The van der Waals surface area contributed by atoms with Gasteiger partial charge in [-0.15, -0.1) is 0 Å². The van der Waals surface area contributed by atoms with Gasteiger partial charge in [0.15, 0.2) is 0 Å². The summed E-state index contributed by atoms with van der Waals surface area (Å²) in [6.07, 6.45) is 17.2. The minimum atomic E-state index is -0.0766. The fraction of sp³-hybridized carbons (Fsp3) is 0.926. The Balaban J connectivity index is 1.49. The first-order valence-electron chi connectivity index (χ1n) is 12.6. The van der Waals surface area contributed by atoms with Gasteiger partial charge in [0.05, 0.1) is 6.10 Å². The Morgan fingerprint density at radius 3 is 2.54 bits per heavy atom. The maximum Gasteiger partial charge on any atom is 0.0577 e. The summed E-state index contributed by atoms with van der Waals surface area (Å²) in [4.78, 5) is 0. The Morgan fingerprint density at radius 1 is 1.00 bits per heavy atom. The number of hydrogen-bond donors (Lipinski definition) is 1. The van der Waals surface area contributed by atoms with Gasteiger partial charge in [0.25, 0.3) is 0 Å². The fourth-order valence-electron chi connectivity index (χ4n) is 8.67. The van der Waals surface area contributed by atoms with Crippen LogP contribution in [0, 0.1) is 46.3 Å². The quantitative estimate of drug-likeness (QED) is 0.488. The van der Waals surface area contributed by atoms with E-state index in [1.54, 1.807) is 5.57 Å². The fourth-order valence-corrected chi connectivity index (χ4v) is 8.67. The molecule has 0 aliphatic heterocycles. The van der Waals surface area contributed by atoms with Crippen LogP contribution in [-0.2, 0) is 0 Å². The van der Waals surface area contributed by atoms with Crippen LogP contribution >= 0.6 is 0 Å². The van der Waals surface area contributed by atoms with Crippen LogP contribution in [0.5, 0.6) is 0 Å². The third-order valence-corrected chi connectivity index (χ3v) is 10.3. The van der Waals surface area contributed by atoms with Crippen molar-refractivity contribution in [3.8, 4) is 0 Å². The Hall–Kier alpha value is -0.300. The van der Waals surface area contributed by atoms with Gasteiger partial charge in [0.2, 0.25) is 0 Å². The maximum atomic E-state index is 10.2. The molecule has 160 valence electrons. The molecule has 0 amide bonds. The van der Waals surface area contributed by atoms with Gasteiger partial charge in [-0.1, -0.05) is 65.5 Å². The zero-order valence-electron chi connectivity index (χ0n) is 19.3. The lowest BCUT2D eigenvalue weighted by molar-refractivity contribution is -0.0573. The molecule has 0 aromatic carbocycles. The number of rotatable bonds is 5. The van der Waals surface area contributed by atoms with Gasteiger partial charge in [-0.05, 0) is 97.7 Å². The second-order valence-corrected chi connectivity index (χ2v) is 12.2. The van der Waals surface area contributed by atoms with Crippen LogP contribution in [0.2, 0.25) is 0 Å². The van der Waals surface area contributed by atoms with Crippen LogP contribution in [0.15, 0.2) is 11.6 Å². The van der Waals surface area contributed by atoms with Crippen LogP contribution in [-0.4, -0.2) is 11.2 Å². The molecule has 28 heavy (non-hydrogen) atoms. The molecule has 0 heterocycles. The lowest BCUT2D eigenvalue weighted by atomic mass is 9.47. The molecule has 1 N–H and O–H groups in total. The van der Waals surface area contributed by atoms with E-state index in [0.29, 0.717) is 10.8 Å². The second kappa shape index (κ2) is 7.75. The summed E-state index contributed by atoms with van der Waals surface area (Å²) in [6, 6.07) is 0. The van der Waals surface area contributed by atoms with Crippen molar-refractivity contribution in [3.63, 3.8) is 0 Å². The summed E-state index contributed by atoms with van der Waals surface area (Å²) in [6.45, 7) is 12.6. The number of allylic oxidation sites excluding steroid dienone is 1. The van der Waals surface area contributed by atoms with E-state index in [0.717, 1.165) is 48.3 Å². The van der Waals surface area contributed by atoms with Crippen molar-refractivity contribution in [2.24, 2.45) is 46.3 Å². The SMILES string of the molecule is CC(C)CCC[C@@H](C)[C@@H]1CC[C@H]2[C@@H]3CC=C4C[C@H](O)CC[C@]4(C)[C@H]3CC[C@@]21C. The first-order valence-corrected chi connectivity index (χ1v) is 12.6. The summed E-state index contributed by atoms with van der Waals surface area (Å²) in [5, 5.41) is 10.2. The molecule has 4 rings (SSSR count). The van der Waals surface area contributed by atoms with Crippen LogP contribution in [0.25, 0.3) is 0 Å². The molecule has 1 nitrogen and oxygen atoms in total. The zero-order chi connectivity index (χ0) is 20.1. The average Bonchev–Trinajstić information content (AvgIpc) is 2.99. The predicted molar refractivity (Wildman–Crippen MR) is 119 cm³/mol. The van der Waals surface area contributed by atoms with Gasteiger partial charge in [0, 0.05) is 0 Å². The van der Waals surface area contributed by atoms with E-state index in [2.05, 4.69) is 40.7 Å². The molecule has 0 unspecified atom stereocenters. The summed E-state index contributed by atoms with van der Waals surface area (Å²) < 4.78 is 0. The normalized spacial score (nSPS) is 46.5. The van der Waals surface area contributed by atoms with Crippen molar-refractivity contribution in [1.29, 1.82) is 0 Å². The first-order chi connectivity index (χ1) is 13.3. The van der Waals surface area contributed by atoms with E-state index in [9.17, 15) is 5.11 Å². The number of aliphatic hydroxyl groups is 1. The van der Waals surface area contributed by atoms with Gasteiger partial charge < -0.3 is 5.11 Å². The molecule has 8 atom stereocenters. The molecule has 1 heteroatoms. The van der Waals surface area contributed by atoms with E-state index >= 15 is 0 Å². The van der Waals surface area contributed by atoms with Crippen molar-refractivity contribution >= 4 is 0 Å². The highest BCUT2D eigenvalue weighted by Gasteiger charge is 2.59. The van der Waals surface area contributed by atoms with Crippen molar-refractivity contribution in [3.05, 3.63) is 11.6 Å². The van der Waals surface area contributed by atoms with Gasteiger partial charge in [-0.3, -0.25) is 0 Å². The first kappa shape index (κ1) is 21.0. The van der Waals surface area contributed by atoms with Crippen molar-refractivity contribution in [2.45, 2.75) is 111 Å². The van der Waals surface area contributed by atoms with Crippen molar-refractivity contribution in [2.75, 3.05) is 0 Å². The Labute approximate surface area is 174 Å². The number of aliphatic hydroxyl groups excluding tert-OH is 1. The molecule has 0 radical (unpaired) electrons. The van der Waals surface area contributed by atoms with Crippen LogP contribution in [0.1, 0.15) is 105 Å². The second-order valence-electron chi connectivity index (χ2n) is 12.2. The number of hydrogen-bond acceptors (Lipinski definition) is 1. The molecule has 0 aromatic heterocycles. The van der Waals surface area contributed by atoms with E-state index in [1.165, 1.54) is 57.8 Å². The molecule has 3 fully saturated rings. The summed E-state index contributed by atoms with van der Waals surface area (Å²) in [5.41, 5.74) is 2.60. The van der Waals surface area contributed by atoms with Crippen molar-refractivity contribution < 1.29 is 5.11 Å². The predicted octanol–water partition coefficient (Wildman–Crippen LogP) is 7.39. The lowest BCUT2D eigenvalue weighted by Gasteiger charge is -2.58. The molecule has 4 aliphatic carbocycles. The van der Waals surface area contributed by atoms with E-state index in [1.807, 2.05) is 0 Å².